The lowest BCUT2D eigenvalue weighted by Crippen LogP contribution is -2.33. The minimum Gasteiger partial charge on any atom is -0.442 e. The second-order valence-corrected chi connectivity index (χ2v) is 4.33. The van der Waals surface area contributed by atoms with Gasteiger partial charge in [0, 0.05) is 24.7 Å². The number of carbonyl (C=O) groups is 2. The van der Waals surface area contributed by atoms with Gasteiger partial charge < -0.3 is 10.1 Å². The highest BCUT2D eigenvalue weighted by molar-refractivity contribution is 5.89. The zero-order chi connectivity index (χ0) is 14.7. The van der Waals surface area contributed by atoms with Crippen LogP contribution >= 0.6 is 0 Å². The topological polar surface area (TPSA) is 102 Å². The molecule has 0 bridgehead atoms. The van der Waals surface area contributed by atoms with Crippen molar-refractivity contribution in [1.29, 1.82) is 0 Å². The Balaban J connectivity index is 2.03. The van der Waals surface area contributed by atoms with Crippen LogP contribution < -0.4 is 10.2 Å². The quantitative estimate of drug-likeness (QED) is 0.655. The summed E-state index contributed by atoms with van der Waals surface area (Å²) in [7, 11) is 0. The summed E-state index contributed by atoms with van der Waals surface area (Å²) in [6, 6.07) is 5.62. The van der Waals surface area contributed by atoms with Gasteiger partial charge in [0.2, 0.25) is 5.91 Å². The van der Waals surface area contributed by atoms with Gasteiger partial charge in [-0.1, -0.05) is 0 Å². The number of hydrogen-bond donors (Lipinski definition) is 1. The fraction of sp³-hybridized carbons (Fsp3) is 0.333. The molecule has 1 unspecified atom stereocenters. The van der Waals surface area contributed by atoms with Crippen molar-refractivity contribution in [2.45, 2.75) is 13.0 Å². The van der Waals surface area contributed by atoms with Crippen molar-refractivity contribution in [1.82, 2.24) is 5.32 Å². The molecule has 1 fully saturated rings. The molecule has 0 saturated carbocycles. The molecule has 20 heavy (non-hydrogen) atoms. The Morgan fingerprint density at radius 3 is 2.70 bits per heavy atom. The predicted molar refractivity (Wildman–Crippen MR) is 69.4 cm³/mol. The molecule has 2 amide bonds. The first kappa shape index (κ1) is 13.8. The molecule has 1 aromatic rings. The Kier molecular flexibility index (Phi) is 3.83. The number of cyclic esters (lactones) is 1. The van der Waals surface area contributed by atoms with E-state index in [2.05, 4.69) is 5.32 Å². The maximum Gasteiger partial charge on any atom is 0.414 e. The second kappa shape index (κ2) is 5.55. The monoisotopic (exact) mass is 279 g/mol. The minimum atomic E-state index is -0.533. The third-order valence-electron chi connectivity index (χ3n) is 2.82. The lowest BCUT2D eigenvalue weighted by Gasteiger charge is -2.12. The van der Waals surface area contributed by atoms with Crippen LogP contribution in [0.15, 0.2) is 24.3 Å². The molecular formula is C12H13N3O5. The fourth-order valence-electron chi connectivity index (χ4n) is 1.85. The normalized spacial score (nSPS) is 17.8. The van der Waals surface area contributed by atoms with Crippen LogP contribution in [0.4, 0.5) is 16.2 Å². The molecule has 1 aliphatic heterocycles. The number of amides is 2. The molecule has 0 aromatic heterocycles. The van der Waals surface area contributed by atoms with Gasteiger partial charge in [0.1, 0.15) is 6.10 Å². The van der Waals surface area contributed by atoms with E-state index in [0.29, 0.717) is 5.69 Å². The van der Waals surface area contributed by atoms with Crippen molar-refractivity contribution in [3.63, 3.8) is 0 Å². The molecule has 0 spiro atoms. The second-order valence-electron chi connectivity index (χ2n) is 4.33. The number of rotatable bonds is 4. The number of nitrogens with zero attached hydrogens (tertiary/aromatic N) is 2. The van der Waals surface area contributed by atoms with E-state index in [0.717, 1.165) is 0 Å². The summed E-state index contributed by atoms with van der Waals surface area (Å²) < 4.78 is 5.09. The minimum absolute atomic E-state index is 0.0453. The first-order valence-corrected chi connectivity index (χ1v) is 5.94. The first-order chi connectivity index (χ1) is 9.47. The van der Waals surface area contributed by atoms with Crippen LogP contribution in [-0.2, 0) is 9.53 Å². The van der Waals surface area contributed by atoms with E-state index in [4.69, 9.17) is 4.74 Å². The predicted octanol–water partition coefficient (Wildman–Crippen LogP) is 1.06. The number of hydrogen-bond acceptors (Lipinski definition) is 5. The molecule has 1 heterocycles. The van der Waals surface area contributed by atoms with Gasteiger partial charge in [-0.05, 0) is 12.1 Å². The summed E-state index contributed by atoms with van der Waals surface area (Å²) in [6.07, 6.45) is -0.962. The Morgan fingerprint density at radius 1 is 1.50 bits per heavy atom. The maximum atomic E-state index is 11.7. The number of non-ortho nitro benzene ring substituents is 1. The average Bonchev–Trinajstić information content (AvgIpc) is 2.78. The van der Waals surface area contributed by atoms with E-state index >= 15 is 0 Å². The Morgan fingerprint density at radius 2 is 2.15 bits per heavy atom. The van der Waals surface area contributed by atoms with E-state index in [9.17, 15) is 19.7 Å². The van der Waals surface area contributed by atoms with Crippen molar-refractivity contribution < 1.29 is 19.2 Å². The van der Waals surface area contributed by atoms with E-state index < -0.39 is 17.1 Å². The van der Waals surface area contributed by atoms with Gasteiger partial charge in [0.25, 0.3) is 5.69 Å². The number of nitro groups is 1. The van der Waals surface area contributed by atoms with Crippen LogP contribution in [0.3, 0.4) is 0 Å². The Bertz CT molecular complexity index is 543. The lowest BCUT2D eigenvalue weighted by atomic mass is 10.2. The molecule has 1 aromatic carbocycles. The first-order valence-electron chi connectivity index (χ1n) is 5.94. The molecule has 106 valence electrons. The van der Waals surface area contributed by atoms with E-state index in [1.54, 1.807) is 0 Å². The van der Waals surface area contributed by atoms with Gasteiger partial charge in [-0.15, -0.1) is 0 Å². The number of ether oxygens (including phenoxy) is 1. The average molecular weight is 279 g/mol. The molecule has 8 heteroatoms. The molecule has 2 rings (SSSR count). The van der Waals surface area contributed by atoms with E-state index in [-0.39, 0.29) is 24.7 Å². The summed E-state index contributed by atoms with van der Waals surface area (Å²) in [4.78, 5) is 33.9. The summed E-state index contributed by atoms with van der Waals surface area (Å²) in [5.74, 6) is -0.199. The molecular weight excluding hydrogens is 266 g/mol. The maximum absolute atomic E-state index is 11.7. The SMILES string of the molecule is CC(=O)NCC1CN(c2ccc([N+](=O)[O-])cc2)C(=O)O1. The zero-order valence-corrected chi connectivity index (χ0v) is 10.7. The largest absolute Gasteiger partial charge is 0.442 e. The van der Waals surface area contributed by atoms with Crippen LogP contribution in [0, 0.1) is 10.1 Å². The van der Waals surface area contributed by atoms with Crippen molar-refractivity contribution in [3.05, 3.63) is 34.4 Å². The highest BCUT2D eigenvalue weighted by Crippen LogP contribution is 2.23. The van der Waals surface area contributed by atoms with E-state index in [1.807, 2.05) is 0 Å². The van der Waals surface area contributed by atoms with Crippen LogP contribution in [0.25, 0.3) is 0 Å². The Labute approximate surface area is 114 Å². The molecule has 8 nitrogen and oxygen atoms in total. The molecule has 1 aliphatic rings. The van der Waals surface area contributed by atoms with Gasteiger partial charge in [0.15, 0.2) is 0 Å². The molecule has 1 saturated heterocycles. The lowest BCUT2D eigenvalue weighted by molar-refractivity contribution is -0.384. The fourth-order valence-corrected chi connectivity index (χ4v) is 1.85. The van der Waals surface area contributed by atoms with Gasteiger partial charge in [-0.25, -0.2) is 4.79 Å². The highest BCUT2D eigenvalue weighted by atomic mass is 16.6. The van der Waals surface area contributed by atoms with E-state index in [1.165, 1.54) is 36.1 Å². The molecule has 1 atom stereocenters. The highest BCUT2D eigenvalue weighted by Gasteiger charge is 2.32. The summed E-state index contributed by atoms with van der Waals surface area (Å²) >= 11 is 0. The van der Waals surface area contributed by atoms with Crippen LogP contribution in [0.1, 0.15) is 6.92 Å². The van der Waals surface area contributed by atoms with Crippen molar-refractivity contribution in [3.8, 4) is 0 Å². The molecule has 1 N–H and O–H groups in total. The molecule has 0 radical (unpaired) electrons. The standard InChI is InChI=1S/C12H13N3O5/c1-8(16)13-6-11-7-14(12(17)20-11)9-2-4-10(5-3-9)15(18)19/h2-5,11H,6-7H2,1H3,(H,13,16). The van der Waals surface area contributed by atoms with Gasteiger partial charge in [0.05, 0.1) is 18.0 Å². The summed E-state index contributed by atoms with van der Waals surface area (Å²) in [6.45, 7) is 1.91. The number of nitro benzene ring substituents is 1. The van der Waals surface area contributed by atoms with Gasteiger partial charge in [-0.2, -0.15) is 0 Å². The Hall–Kier alpha value is -2.64. The van der Waals surface area contributed by atoms with Gasteiger partial charge >= 0.3 is 6.09 Å². The third-order valence-corrected chi connectivity index (χ3v) is 2.82. The van der Waals surface area contributed by atoms with Crippen molar-refractivity contribution in [2.75, 3.05) is 18.0 Å². The van der Waals surface area contributed by atoms with Crippen LogP contribution in [-0.4, -0.2) is 36.1 Å². The van der Waals surface area contributed by atoms with Crippen molar-refractivity contribution >= 4 is 23.4 Å². The summed E-state index contributed by atoms with van der Waals surface area (Å²) in [5, 5.41) is 13.1. The van der Waals surface area contributed by atoms with Crippen LogP contribution in [0.5, 0.6) is 0 Å². The number of nitrogens with one attached hydrogen (secondary N) is 1. The smallest absolute Gasteiger partial charge is 0.414 e. The number of benzene rings is 1. The van der Waals surface area contributed by atoms with Crippen LogP contribution in [0.2, 0.25) is 0 Å². The molecule has 0 aliphatic carbocycles. The third kappa shape index (κ3) is 3.02. The zero-order valence-electron chi connectivity index (χ0n) is 10.7. The number of anilines is 1. The number of carbonyl (C=O) groups excluding carboxylic acids is 2. The van der Waals surface area contributed by atoms with Gasteiger partial charge in [-0.3, -0.25) is 19.8 Å². The van der Waals surface area contributed by atoms with Crippen molar-refractivity contribution in [2.24, 2.45) is 0 Å². The summed E-state index contributed by atoms with van der Waals surface area (Å²) in [5.41, 5.74) is 0.474.